The Morgan fingerprint density at radius 2 is 1.65 bits per heavy atom. The molecule has 1 amide bonds. The minimum Gasteiger partial charge on any atom is -0.456 e. The van der Waals surface area contributed by atoms with Crippen molar-refractivity contribution in [3.63, 3.8) is 0 Å². The van der Waals surface area contributed by atoms with E-state index in [2.05, 4.69) is 5.32 Å². The topological polar surface area (TPSA) is 89.5 Å². The van der Waals surface area contributed by atoms with Crippen LogP contribution in [0.5, 0.6) is 0 Å². The Balaban J connectivity index is 1.89. The van der Waals surface area contributed by atoms with Crippen LogP contribution in [0.3, 0.4) is 0 Å². The second-order valence-electron chi connectivity index (χ2n) is 5.99. The molecule has 1 atom stereocenters. The summed E-state index contributed by atoms with van der Waals surface area (Å²) in [5.41, 5.74) is 1.17. The Morgan fingerprint density at radius 1 is 1.04 bits per heavy atom. The molecule has 138 valence electrons. The Morgan fingerprint density at radius 3 is 2.31 bits per heavy atom. The average Bonchev–Trinajstić information content (AvgIpc) is 2.60. The first kappa shape index (κ1) is 19.7. The predicted molar refractivity (Wildman–Crippen MR) is 98.6 cm³/mol. The normalized spacial score (nSPS) is 12.2. The van der Waals surface area contributed by atoms with Crippen molar-refractivity contribution in [1.82, 2.24) is 0 Å². The Labute approximate surface area is 153 Å². The fraction of sp³-hybridized carbons (Fsp3) is 0.263. The first-order valence-electron chi connectivity index (χ1n) is 8.07. The van der Waals surface area contributed by atoms with Crippen molar-refractivity contribution in [2.45, 2.75) is 24.2 Å². The highest BCUT2D eigenvalue weighted by molar-refractivity contribution is 7.90. The van der Waals surface area contributed by atoms with Gasteiger partial charge in [-0.25, -0.2) is 8.42 Å². The third kappa shape index (κ3) is 5.70. The number of anilines is 1. The zero-order chi connectivity index (χ0) is 19.2. The molecule has 0 heterocycles. The molecule has 0 aliphatic heterocycles. The molecule has 2 aromatic rings. The first-order chi connectivity index (χ1) is 12.3. The van der Waals surface area contributed by atoms with Crippen molar-refractivity contribution in [3.8, 4) is 0 Å². The molecule has 26 heavy (non-hydrogen) atoms. The molecule has 0 aliphatic carbocycles. The number of hydrogen-bond acceptors (Lipinski definition) is 5. The molecule has 0 fully saturated rings. The van der Waals surface area contributed by atoms with Gasteiger partial charge in [-0.05, 0) is 23.6 Å². The highest BCUT2D eigenvalue weighted by Crippen LogP contribution is 2.21. The van der Waals surface area contributed by atoms with Gasteiger partial charge >= 0.3 is 5.97 Å². The number of nitrogens with one attached hydrogen (secondary N) is 1. The van der Waals surface area contributed by atoms with Gasteiger partial charge in [0.15, 0.2) is 16.4 Å². The van der Waals surface area contributed by atoms with Crippen LogP contribution in [0.15, 0.2) is 59.5 Å². The van der Waals surface area contributed by atoms with Gasteiger partial charge < -0.3 is 10.1 Å². The second kappa shape index (κ2) is 8.62. The molecule has 0 bridgehead atoms. The van der Waals surface area contributed by atoms with Gasteiger partial charge in [0.2, 0.25) is 0 Å². The number of benzene rings is 2. The molecule has 1 N–H and O–H groups in total. The minimum absolute atomic E-state index is 0.0115. The van der Waals surface area contributed by atoms with Gasteiger partial charge in [-0.2, -0.15) is 0 Å². The molecule has 0 unspecified atom stereocenters. The van der Waals surface area contributed by atoms with E-state index in [1.165, 1.54) is 12.1 Å². The third-order valence-electron chi connectivity index (χ3n) is 3.77. The van der Waals surface area contributed by atoms with Gasteiger partial charge in [0, 0.05) is 6.26 Å². The third-order valence-corrected chi connectivity index (χ3v) is 4.92. The van der Waals surface area contributed by atoms with Crippen LogP contribution in [0.1, 0.15) is 24.8 Å². The molecule has 0 saturated heterocycles. The van der Waals surface area contributed by atoms with Gasteiger partial charge in [0.05, 0.1) is 17.0 Å². The van der Waals surface area contributed by atoms with Crippen molar-refractivity contribution >= 4 is 27.4 Å². The lowest BCUT2D eigenvalue weighted by Crippen LogP contribution is -2.22. The number of carbonyl (C=O) groups is 2. The molecule has 0 aliphatic rings. The average molecular weight is 375 g/mol. The van der Waals surface area contributed by atoms with E-state index in [1.807, 2.05) is 37.3 Å². The zero-order valence-corrected chi connectivity index (χ0v) is 15.5. The van der Waals surface area contributed by atoms with E-state index in [4.69, 9.17) is 4.74 Å². The summed E-state index contributed by atoms with van der Waals surface area (Å²) in [6.45, 7) is 1.43. The molecule has 2 rings (SSSR count). The number of amides is 1. The predicted octanol–water partition coefficient (Wildman–Crippen LogP) is 2.77. The van der Waals surface area contributed by atoms with Crippen LogP contribution in [0.25, 0.3) is 0 Å². The molecular weight excluding hydrogens is 354 g/mol. The van der Waals surface area contributed by atoms with Gasteiger partial charge in [-0.15, -0.1) is 0 Å². The highest BCUT2D eigenvalue weighted by Gasteiger charge is 2.16. The quantitative estimate of drug-likeness (QED) is 0.752. The largest absolute Gasteiger partial charge is 0.456 e. The lowest BCUT2D eigenvalue weighted by molar-refractivity contribution is -0.147. The number of carbonyl (C=O) groups excluding carboxylic acids is 2. The lowest BCUT2D eigenvalue weighted by atomic mass is 9.98. The van der Waals surface area contributed by atoms with Crippen LogP contribution in [0, 0.1) is 0 Å². The number of esters is 1. The number of hydrogen-bond donors (Lipinski definition) is 1. The smallest absolute Gasteiger partial charge is 0.306 e. The molecule has 6 nitrogen and oxygen atoms in total. The maximum absolute atomic E-state index is 12.0. The number of sulfone groups is 1. The molecule has 2 aromatic carbocycles. The van der Waals surface area contributed by atoms with Crippen molar-refractivity contribution in [1.29, 1.82) is 0 Å². The second-order valence-corrected chi connectivity index (χ2v) is 7.98. The van der Waals surface area contributed by atoms with Crippen molar-refractivity contribution in [2.24, 2.45) is 0 Å². The SMILES string of the molecule is C[C@@H](CC(=O)OCC(=O)Nc1ccccc1S(C)(=O)=O)c1ccccc1. The molecule has 7 heteroatoms. The zero-order valence-electron chi connectivity index (χ0n) is 14.6. The maximum atomic E-state index is 12.0. The highest BCUT2D eigenvalue weighted by atomic mass is 32.2. The standard InChI is InChI=1S/C19H21NO5S/c1-14(15-8-4-3-5-9-15)12-19(22)25-13-18(21)20-16-10-6-7-11-17(16)26(2,23)24/h3-11,14H,12-13H2,1-2H3,(H,20,21)/t14-/m0/s1. The molecule has 0 spiro atoms. The summed E-state index contributed by atoms with van der Waals surface area (Å²) in [6, 6.07) is 15.6. The Kier molecular flexibility index (Phi) is 6.52. The summed E-state index contributed by atoms with van der Waals surface area (Å²) in [6.07, 6.45) is 1.21. The van der Waals surface area contributed by atoms with Crippen molar-refractivity contribution < 1.29 is 22.7 Å². The first-order valence-corrected chi connectivity index (χ1v) is 9.96. The minimum atomic E-state index is -3.48. The van der Waals surface area contributed by atoms with E-state index in [0.29, 0.717) is 0 Å². The van der Waals surface area contributed by atoms with Gasteiger partial charge in [-0.1, -0.05) is 49.4 Å². The van der Waals surface area contributed by atoms with E-state index >= 15 is 0 Å². The van der Waals surface area contributed by atoms with Crippen LogP contribution >= 0.6 is 0 Å². The van der Waals surface area contributed by atoms with Crippen LogP contribution in [-0.4, -0.2) is 33.2 Å². The summed E-state index contributed by atoms with van der Waals surface area (Å²) in [7, 11) is -3.48. The van der Waals surface area contributed by atoms with E-state index in [0.717, 1.165) is 11.8 Å². The summed E-state index contributed by atoms with van der Waals surface area (Å²) in [5.74, 6) is -1.12. The molecule has 0 radical (unpaired) electrons. The fourth-order valence-corrected chi connectivity index (χ4v) is 3.28. The van der Waals surface area contributed by atoms with Gasteiger partial charge in [0.25, 0.3) is 5.91 Å². The summed E-state index contributed by atoms with van der Waals surface area (Å²) in [5, 5.41) is 2.46. The van der Waals surface area contributed by atoms with E-state index in [9.17, 15) is 18.0 Å². The Bertz CT molecular complexity index is 878. The lowest BCUT2D eigenvalue weighted by Gasteiger charge is -2.12. The van der Waals surface area contributed by atoms with Crippen LogP contribution in [0.2, 0.25) is 0 Å². The van der Waals surface area contributed by atoms with Crippen molar-refractivity contribution in [2.75, 3.05) is 18.2 Å². The van der Waals surface area contributed by atoms with Gasteiger partial charge in [0.1, 0.15) is 0 Å². The van der Waals surface area contributed by atoms with Crippen LogP contribution < -0.4 is 5.32 Å². The van der Waals surface area contributed by atoms with Crippen LogP contribution in [-0.2, 0) is 24.2 Å². The number of rotatable bonds is 7. The maximum Gasteiger partial charge on any atom is 0.306 e. The van der Waals surface area contributed by atoms with E-state index in [-0.39, 0.29) is 22.9 Å². The molecular formula is C19H21NO5S. The molecule has 0 saturated carbocycles. The summed E-state index contributed by atoms with van der Waals surface area (Å²) < 4.78 is 28.4. The number of para-hydroxylation sites is 1. The number of ether oxygens (including phenoxy) is 1. The van der Waals surface area contributed by atoms with E-state index in [1.54, 1.807) is 12.1 Å². The fourth-order valence-electron chi connectivity index (χ4n) is 2.43. The van der Waals surface area contributed by atoms with E-state index < -0.39 is 28.3 Å². The monoisotopic (exact) mass is 375 g/mol. The van der Waals surface area contributed by atoms with Crippen molar-refractivity contribution in [3.05, 3.63) is 60.2 Å². The summed E-state index contributed by atoms with van der Waals surface area (Å²) >= 11 is 0. The van der Waals surface area contributed by atoms with Crippen LogP contribution in [0.4, 0.5) is 5.69 Å². The summed E-state index contributed by atoms with van der Waals surface area (Å²) in [4.78, 5) is 23.9. The molecule has 0 aromatic heterocycles. The van der Waals surface area contributed by atoms with Gasteiger partial charge in [-0.3, -0.25) is 9.59 Å². The Hall–Kier alpha value is -2.67.